The number of hydrogen-bond acceptors (Lipinski definition) is 3. The van der Waals surface area contributed by atoms with Crippen LogP contribution < -0.4 is 10.6 Å². The number of piperazine rings is 1. The smallest absolute Gasteiger partial charge is 0.312 e. The molecule has 0 aromatic heterocycles. The fourth-order valence-electron chi connectivity index (χ4n) is 2.80. The van der Waals surface area contributed by atoms with Crippen LogP contribution in [0.3, 0.4) is 0 Å². The van der Waals surface area contributed by atoms with Gasteiger partial charge in [0.15, 0.2) is 6.04 Å². The summed E-state index contributed by atoms with van der Waals surface area (Å²) in [4.78, 5) is 23.2. The SMILES string of the molecule is CCOC(=O)C[C@H]1[NH2+][C@H]2CCCC[C@H]2NC1=O. The molecule has 96 valence electrons. The van der Waals surface area contributed by atoms with Crippen LogP contribution in [0.15, 0.2) is 0 Å². The molecule has 0 spiro atoms. The molecule has 2 fully saturated rings. The van der Waals surface area contributed by atoms with Gasteiger partial charge >= 0.3 is 5.97 Å². The third-order valence-corrected chi connectivity index (χ3v) is 3.66. The third kappa shape index (κ3) is 2.97. The number of esters is 1. The summed E-state index contributed by atoms with van der Waals surface area (Å²) in [7, 11) is 0. The Balaban J connectivity index is 1.90. The molecule has 1 amide bonds. The van der Waals surface area contributed by atoms with Gasteiger partial charge in [0.05, 0.1) is 12.6 Å². The Kier molecular flexibility index (Phi) is 3.99. The van der Waals surface area contributed by atoms with Crippen LogP contribution in [-0.4, -0.2) is 36.6 Å². The van der Waals surface area contributed by atoms with Crippen LogP contribution in [0.4, 0.5) is 0 Å². The van der Waals surface area contributed by atoms with Crippen molar-refractivity contribution in [2.45, 2.75) is 57.2 Å². The Labute approximate surface area is 101 Å². The van der Waals surface area contributed by atoms with Crippen molar-refractivity contribution in [3.8, 4) is 0 Å². The minimum Gasteiger partial charge on any atom is -0.466 e. The zero-order chi connectivity index (χ0) is 12.3. The number of amides is 1. The summed E-state index contributed by atoms with van der Waals surface area (Å²) in [5.74, 6) is -0.292. The Bertz CT molecular complexity index is 306. The molecule has 3 atom stereocenters. The Morgan fingerprint density at radius 2 is 2.24 bits per heavy atom. The number of quaternary nitrogens is 1. The molecule has 1 aliphatic carbocycles. The van der Waals surface area contributed by atoms with Crippen LogP contribution in [0.5, 0.6) is 0 Å². The quantitative estimate of drug-likeness (QED) is 0.643. The molecule has 2 aliphatic rings. The molecule has 5 heteroatoms. The number of rotatable bonds is 3. The Hall–Kier alpha value is -1.10. The lowest BCUT2D eigenvalue weighted by Gasteiger charge is -2.37. The monoisotopic (exact) mass is 241 g/mol. The van der Waals surface area contributed by atoms with Gasteiger partial charge in [-0.3, -0.25) is 9.59 Å². The molecule has 1 heterocycles. The van der Waals surface area contributed by atoms with E-state index >= 15 is 0 Å². The van der Waals surface area contributed by atoms with Crippen molar-refractivity contribution in [3.63, 3.8) is 0 Å². The second-order valence-electron chi connectivity index (χ2n) is 4.87. The lowest BCUT2D eigenvalue weighted by atomic mass is 9.87. The average Bonchev–Trinajstić information content (AvgIpc) is 2.30. The van der Waals surface area contributed by atoms with Gasteiger partial charge in [0.1, 0.15) is 12.5 Å². The van der Waals surface area contributed by atoms with Crippen LogP contribution in [-0.2, 0) is 14.3 Å². The van der Waals surface area contributed by atoms with Crippen molar-refractivity contribution in [2.75, 3.05) is 6.61 Å². The molecule has 1 saturated heterocycles. The predicted octanol–water partition coefficient (Wildman–Crippen LogP) is -0.687. The summed E-state index contributed by atoms with van der Waals surface area (Å²) in [5, 5.41) is 5.11. The number of hydrogen-bond donors (Lipinski definition) is 2. The molecule has 0 bridgehead atoms. The van der Waals surface area contributed by atoms with E-state index in [1.54, 1.807) is 6.92 Å². The lowest BCUT2D eigenvalue weighted by Crippen LogP contribution is -3.03. The standard InChI is InChI=1S/C12H20N2O3/c1-2-17-11(15)7-10-12(16)14-9-6-4-3-5-8(9)13-10/h8-10,13H,2-7H2,1H3,(H,14,16)/p+1/t8-,9+,10+/m0/s1. The minimum atomic E-state index is -0.298. The summed E-state index contributed by atoms with van der Waals surface area (Å²) in [5.41, 5.74) is 0. The molecule has 3 N–H and O–H groups in total. The van der Waals surface area contributed by atoms with Crippen LogP contribution >= 0.6 is 0 Å². The molecule has 1 saturated carbocycles. The predicted molar refractivity (Wildman–Crippen MR) is 61.2 cm³/mol. The van der Waals surface area contributed by atoms with E-state index in [2.05, 4.69) is 10.6 Å². The van der Waals surface area contributed by atoms with Gasteiger partial charge in [0, 0.05) is 6.42 Å². The first-order valence-electron chi connectivity index (χ1n) is 6.51. The van der Waals surface area contributed by atoms with Crippen molar-refractivity contribution >= 4 is 11.9 Å². The highest BCUT2D eigenvalue weighted by Crippen LogP contribution is 2.18. The Morgan fingerprint density at radius 1 is 1.47 bits per heavy atom. The average molecular weight is 241 g/mol. The Morgan fingerprint density at radius 3 is 3.00 bits per heavy atom. The van der Waals surface area contributed by atoms with E-state index in [0.717, 1.165) is 12.8 Å². The van der Waals surface area contributed by atoms with Crippen molar-refractivity contribution in [2.24, 2.45) is 0 Å². The first kappa shape index (κ1) is 12.4. The fraction of sp³-hybridized carbons (Fsp3) is 0.833. The first-order valence-corrected chi connectivity index (χ1v) is 6.51. The van der Waals surface area contributed by atoms with Gasteiger partial charge in [0.25, 0.3) is 5.91 Å². The van der Waals surface area contributed by atoms with Crippen LogP contribution in [0.2, 0.25) is 0 Å². The molecule has 0 aromatic carbocycles. The summed E-state index contributed by atoms with van der Waals surface area (Å²) < 4.78 is 4.89. The van der Waals surface area contributed by atoms with Gasteiger partial charge in [-0.25, -0.2) is 0 Å². The largest absolute Gasteiger partial charge is 0.466 e. The maximum absolute atomic E-state index is 11.8. The van der Waals surface area contributed by atoms with Crippen LogP contribution in [0, 0.1) is 0 Å². The van der Waals surface area contributed by atoms with Gasteiger partial charge in [-0.2, -0.15) is 0 Å². The zero-order valence-corrected chi connectivity index (χ0v) is 10.3. The highest BCUT2D eigenvalue weighted by molar-refractivity contribution is 5.85. The fourth-order valence-corrected chi connectivity index (χ4v) is 2.80. The van der Waals surface area contributed by atoms with Crippen molar-refractivity contribution in [1.29, 1.82) is 0 Å². The number of ether oxygens (including phenoxy) is 1. The third-order valence-electron chi connectivity index (χ3n) is 3.66. The van der Waals surface area contributed by atoms with E-state index in [1.165, 1.54) is 12.8 Å². The maximum atomic E-state index is 11.8. The van der Waals surface area contributed by atoms with E-state index in [9.17, 15) is 9.59 Å². The summed E-state index contributed by atoms with van der Waals surface area (Å²) in [6.07, 6.45) is 4.80. The zero-order valence-electron chi connectivity index (χ0n) is 10.3. The molecule has 0 radical (unpaired) electrons. The normalized spacial score (nSPS) is 32.5. The first-order chi connectivity index (χ1) is 8.20. The highest BCUT2D eigenvalue weighted by atomic mass is 16.5. The second-order valence-corrected chi connectivity index (χ2v) is 4.87. The second kappa shape index (κ2) is 5.49. The molecular formula is C12H21N2O3+. The molecule has 1 aliphatic heterocycles. The molecular weight excluding hydrogens is 220 g/mol. The van der Waals surface area contributed by atoms with Gasteiger partial charge in [-0.1, -0.05) is 6.42 Å². The highest BCUT2D eigenvalue weighted by Gasteiger charge is 2.40. The lowest BCUT2D eigenvalue weighted by molar-refractivity contribution is -0.718. The van der Waals surface area contributed by atoms with Gasteiger partial charge < -0.3 is 15.4 Å². The molecule has 17 heavy (non-hydrogen) atoms. The van der Waals surface area contributed by atoms with E-state index < -0.39 is 0 Å². The van der Waals surface area contributed by atoms with Gasteiger partial charge in [-0.05, 0) is 19.8 Å². The molecule has 0 aromatic rings. The van der Waals surface area contributed by atoms with Crippen molar-refractivity contribution in [1.82, 2.24) is 5.32 Å². The van der Waals surface area contributed by atoms with Crippen molar-refractivity contribution in [3.05, 3.63) is 0 Å². The molecule has 2 rings (SSSR count). The van der Waals surface area contributed by atoms with Crippen molar-refractivity contribution < 1.29 is 19.6 Å². The topological polar surface area (TPSA) is 72.0 Å². The molecule has 5 nitrogen and oxygen atoms in total. The number of carbonyl (C=O) groups excluding carboxylic acids is 2. The summed E-state index contributed by atoms with van der Waals surface area (Å²) in [6, 6.07) is 0.448. The summed E-state index contributed by atoms with van der Waals surface area (Å²) in [6.45, 7) is 2.15. The number of nitrogens with one attached hydrogen (secondary N) is 1. The number of carbonyl (C=O) groups is 2. The van der Waals surface area contributed by atoms with Gasteiger partial charge in [0.2, 0.25) is 0 Å². The van der Waals surface area contributed by atoms with E-state index in [4.69, 9.17) is 4.74 Å². The maximum Gasteiger partial charge on any atom is 0.312 e. The van der Waals surface area contributed by atoms with E-state index in [-0.39, 0.29) is 24.3 Å². The van der Waals surface area contributed by atoms with Gasteiger partial charge in [-0.15, -0.1) is 0 Å². The van der Waals surface area contributed by atoms with Crippen LogP contribution in [0.1, 0.15) is 39.0 Å². The summed E-state index contributed by atoms with van der Waals surface area (Å²) >= 11 is 0. The van der Waals surface area contributed by atoms with E-state index in [0.29, 0.717) is 18.7 Å². The number of fused-ring (bicyclic) bond motifs is 1. The van der Waals surface area contributed by atoms with E-state index in [1.807, 2.05) is 0 Å². The number of nitrogens with two attached hydrogens (primary N) is 1. The minimum absolute atomic E-state index is 0.0128. The molecule has 0 unspecified atom stereocenters. The van der Waals surface area contributed by atoms with Crippen LogP contribution in [0.25, 0.3) is 0 Å².